The molecule has 0 spiro atoms. The van der Waals surface area contributed by atoms with Crippen LogP contribution in [0.1, 0.15) is 0 Å². The number of rotatable bonds is 0. The molecule has 0 aliphatic carbocycles. The van der Waals surface area contributed by atoms with Crippen LogP contribution in [0.4, 0.5) is 0 Å². The maximum Gasteiger partial charge on any atom is 0.360 e. The van der Waals surface area contributed by atoms with E-state index in [0.29, 0.717) is 0 Å². The second-order valence-electron chi connectivity index (χ2n) is 2.18. The first-order valence-corrected chi connectivity index (χ1v) is 3.07. The highest BCUT2D eigenvalue weighted by Gasteiger charge is 2.41. The fraction of sp³-hybridized carbons (Fsp3) is 0.143. The van der Waals surface area contributed by atoms with Crippen molar-refractivity contribution in [3.63, 3.8) is 0 Å². The zero-order chi connectivity index (χ0) is 7.84. The van der Waals surface area contributed by atoms with Crippen molar-refractivity contribution in [1.82, 2.24) is 0 Å². The quantitative estimate of drug-likeness (QED) is 0.359. The van der Waals surface area contributed by atoms with Gasteiger partial charge in [0.15, 0.2) is 0 Å². The van der Waals surface area contributed by atoms with Gasteiger partial charge in [0, 0.05) is 0 Å². The van der Waals surface area contributed by atoms with Crippen LogP contribution in [0.25, 0.3) is 0 Å². The van der Waals surface area contributed by atoms with Crippen molar-refractivity contribution >= 4 is 11.9 Å². The summed E-state index contributed by atoms with van der Waals surface area (Å²) < 4.78 is 9.14. The molecule has 0 aromatic rings. The molecule has 0 saturated carbocycles. The first-order valence-electron chi connectivity index (χ1n) is 3.07. The summed E-state index contributed by atoms with van der Waals surface area (Å²) in [6.07, 6.45) is 3.59. The minimum absolute atomic E-state index is 0.275. The fourth-order valence-corrected chi connectivity index (χ4v) is 0.989. The van der Waals surface area contributed by atoms with Gasteiger partial charge in [-0.2, -0.15) is 0 Å². The molecule has 1 unspecified atom stereocenters. The third kappa shape index (κ3) is 0.756. The molecule has 4 heteroatoms. The minimum atomic E-state index is -0.826. The monoisotopic (exact) mass is 152 g/mol. The van der Waals surface area contributed by atoms with Crippen LogP contribution < -0.4 is 0 Å². The zero-order valence-electron chi connectivity index (χ0n) is 5.44. The Labute approximate surface area is 62.1 Å². The Balaban J connectivity index is 2.42. The van der Waals surface area contributed by atoms with Crippen molar-refractivity contribution in [2.75, 3.05) is 0 Å². The van der Waals surface area contributed by atoms with Gasteiger partial charge < -0.3 is 9.47 Å². The molecule has 4 nitrogen and oxygen atoms in total. The van der Waals surface area contributed by atoms with E-state index in [1.54, 1.807) is 6.08 Å². The van der Waals surface area contributed by atoms with Crippen LogP contribution in [0.2, 0.25) is 0 Å². The van der Waals surface area contributed by atoms with E-state index in [1.165, 1.54) is 12.3 Å². The lowest BCUT2D eigenvalue weighted by Gasteiger charge is -2.07. The first-order chi connectivity index (χ1) is 5.29. The molecule has 0 amide bonds. The summed E-state index contributed by atoms with van der Waals surface area (Å²) in [6, 6.07) is 0. The van der Waals surface area contributed by atoms with Gasteiger partial charge in [-0.05, 0) is 12.2 Å². The molecule has 0 radical (unpaired) electrons. The van der Waals surface area contributed by atoms with Crippen molar-refractivity contribution in [2.45, 2.75) is 6.10 Å². The lowest BCUT2D eigenvalue weighted by molar-refractivity contribution is -0.154. The SMILES string of the molecule is O=C1OC(=O)C2OC=CC=C12. The molecule has 2 aliphatic heterocycles. The molecule has 11 heavy (non-hydrogen) atoms. The highest BCUT2D eigenvalue weighted by molar-refractivity contribution is 6.09. The number of hydrogen-bond acceptors (Lipinski definition) is 4. The molecular formula is C7H4O4. The number of ether oxygens (including phenoxy) is 2. The second kappa shape index (κ2) is 1.95. The number of allylic oxidation sites excluding steroid dienone is 2. The lowest BCUT2D eigenvalue weighted by atomic mass is 10.1. The predicted octanol–water partition coefficient (Wildman–Crippen LogP) is -0.0913. The van der Waals surface area contributed by atoms with Crippen LogP contribution >= 0.6 is 0 Å². The average molecular weight is 152 g/mol. The fourth-order valence-electron chi connectivity index (χ4n) is 0.989. The van der Waals surface area contributed by atoms with E-state index in [-0.39, 0.29) is 5.57 Å². The zero-order valence-corrected chi connectivity index (χ0v) is 5.44. The van der Waals surface area contributed by atoms with Crippen LogP contribution in [0, 0.1) is 0 Å². The van der Waals surface area contributed by atoms with Gasteiger partial charge in [0.05, 0.1) is 11.8 Å². The largest absolute Gasteiger partial charge is 0.481 e. The maximum atomic E-state index is 10.8. The summed E-state index contributed by atoms with van der Waals surface area (Å²) in [4.78, 5) is 21.6. The van der Waals surface area contributed by atoms with Crippen LogP contribution in [0.5, 0.6) is 0 Å². The number of cyclic esters (lactones) is 2. The number of carbonyl (C=O) groups excluding carboxylic acids is 2. The van der Waals surface area contributed by atoms with Crippen LogP contribution in [-0.2, 0) is 19.1 Å². The van der Waals surface area contributed by atoms with Crippen LogP contribution in [-0.4, -0.2) is 18.0 Å². The highest BCUT2D eigenvalue weighted by atomic mass is 16.6. The molecule has 2 aliphatic rings. The third-order valence-electron chi connectivity index (χ3n) is 1.49. The Morgan fingerprint density at radius 1 is 1.36 bits per heavy atom. The Kier molecular flexibility index (Phi) is 1.09. The van der Waals surface area contributed by atoms with E-state index in [2.05, 4.69) is 4.74 Å². The summed E-state index contributed by atoms with van der Waals surface area (Å²) in [5, 5.41) is 0. The normalized spacial score (nSPS) is 27.3. The smallest absolute Gasteiger partial charge is 0.360 e. The molecule has 2 heterocycles. The van der Waals surface area contributed by atoms with Crippen molar-refractivity contribution in [3.8, 4) is 0 Å². The molecule has 2 rings (SSSR count). The summed E-state index contributed by atoms with van der Waals surface area (Å²) in [7, 11) is 0. The predicted molar refractivity (Wildman–Crippen MR) is 33.2 cm³/mol. The van der Waals surface area contributed by atoms with Crippen LogP contribution in [0.15, 0.2) is 24.0 Å². The Morgan fingerprint density at radius 3 is 2.91 bits per heavy atom. The van der Waals surface area contributed by atoms with E-state index in [1.807, 2.05) is 0 Å². The molecule has 56 valence electrons. The highest BCUT2D eigenvalue weighted by Crippen LogP contribution is 2.21. The molecule has 1 atom stereocenters. The summed E-state index contributed by atoms with van der Waals surface area (Å²) in [5.74, 6) is -1.24. The molecule has 0 N–H and O–H groups in total. The topological polar surface area (TPSA) is 52.6 Å². The van der Waals surface area contributed by atoms with Crippen molar-refractivity contribution in [3.05, 3.63) is 24.0 Å². The van der Waals surface area contributed by atoms with Gasteiger partial charge in [-0.25, -0.2) is 9.59 Å². The van der Waals surface area contributed by atoms with E-state index in [4.69, 9.17) is 4.74 Å². The minimum Gasteiger partial charge on any atom is -0.481 e. The summed E-state index contributed by atoms with van der Waals surface area (Å²) >= 11 is 0. The van der Waals surface area contributed by atoms with Gasteiger partial charge in [-0.1, -0.05) is 0 Å². The standard InChI is InChI=1S/C7H4O4/c8-6-4-2-1-3-10-5(4)7(9)11-6/h1-3,5H. The van der Waals surface area contributed by atoms with E-state index < -0.39 is 18.0 Å². The van der Waals surface area contributed by atoms with Gasteiger partial charge in [-0.3, -0.25) is 0 Å². The van der Waals surface area contributed by atoms with Crippen molar-refractivity contribution < 1.29 is 19.1 Å². The molecule has 0 aromatic carbocycles. The van der Waals surface area contributed by atoms with Gasteiger partial charge in [-0.15, -0.1) is 0 Å². The van der Waals surface area contributed by atoms with Crippen molar-refractivity contribution in [1.29, 1.82) is 0 Å². The molecule has 1 saturated heterocycles. The van der Waals surface area contributed by atoms with E-state index in [9.17, 15) is 9.59 Å². The number of esters is 2. The Morgan fingerprint density at radius 2 is 2.18 bits per heavy atom. The van der Waals surface area contributed by atoms with Crippen LogP contribution in [0.3, 0.4) is 0 Å². The third-order valence-corrected chi connectivity index (χ3v) is 1.49. The summed E-state index contributed by atoms with van der Waals surface area (Å²) in [6.45, 7) is 0. The number of carbonyl (C=O) groups is 2. The molecule has 0 bridgehead atoms. The summed E-state index contributed by atoms with van der Waals surface area (Å²) in [5.41, 5.74) is 0.275. The van der Waals surface area contributed by atoms with Gasteiger partial charge in [0.2, 0.25) is 6.10 Å². The first kappa shape index (κ1) is 6.15. The van der Waals surface area contributed by atoms with Gasteiger partial charge in [0.25, 0.3) is 0 Å². The van der Waals surface area contributed by atoms with E-state index in [0.717, 1.165) is 0 Å². The van der Waals surface area contributed by atoms with Crippen molar-refractivity contribution in [2.24, 2.45) is 0 Å². The molecule has 1 fully saturated rings. The average Bonchev–Trinajstić information content (AvgIpc) is 2.30. The molecule has 0 aromatic heterocycles. The maximum absolute atomic E-state index is 10.8. The van der Waals surface area contributed by atoms with Gasteiger partial charge in [0.1, 0.15) is 0 Å². The Bertz CT molecular complexity index is 287. The lowest BCUT2D eigenvalue weighted by Crippen LogP contribution is -2.19. The number of hydrogen-bond donors (Lipinski definition) is 0. The Hall–Kier alpha value is -1.58. The van der Waals surface area contributed by atoms with E-state index >= 15 is 0 Å². The molecular weight excluding hydrogens is 148 g/mol. The second-order valence-corrected chi connectivity index (χ2v) is 2.18. The number of fused-ring (bicyclic) bond motifs is 1. The van der Waals surface area contributed by atoms with Gasteiger partial charge >= 0.3 is 11.9 Å².